The summed E-state index contributed by atoms with van der Waals surface area (Å²) < 4.78 is 6.67. The maximum Gasteiger partial charge on any atom is 0.259 e. The van der Waals surface area contributed by atoms with Crippen molar-refractivity contribution in [1.82, 2.24) is 10.7 Å². The van der Waals surface area contributed by atoms with E-state index < -0.39 is 5.91 Å². The molecule has 0 fully saturated rings. The van der Waals surface area contributed by atoms with E-state index in [2.05, 4.69) is 38.4 Å². The minimum Gasteiger partial charge on any atom is -0.488 e. The van der Waals surface area contributed by atoms with Gasteiger partial charge in [0.25, 0.3) is 11.8 Å². The fraction of sp³-hybridized carbons (Fsp3) is 0.0870. The van der Waals surface area contributed by atoms with Crippen molar-refractivity contribution in [3.05, 3.63) is 98.1 Å². The van der Waals surface area contributed by atoms with Gasteiger partial charge in [0, 0.05) is 14.2 Å². The van der Waals surface area contributed by atoms with Gasteiger partial charge in [-0.15, -0.1) is 0 Å². The van der Waals surface area contributed by atoms with E-state index >= 15 is 0 Å². The van der Waals surface area contributed by atoms with Gasteiger partial charge in [-0.05, 0) is 64.6 Å². The lowest BCUT2D eigenvalue weighted by Crippen LogP contribution is -2.35. The van der Waals surface area contributed by atoms with Gasteiger partial charge in [-0.2, -0.15) is 5.10 Å². The van der Waals surface area contributed by atoms with Gasteiger partial charge < -0.3 is 10.1 Å². The summed E-state index contributed by atoms with van der Waals surface area (Å²) in [6.07, 6.45) is 1.50. The molecule has 0 atom stereocenters. The van der Waals surface area contributed by atoms with Crippen LogP contribution in [0.3, 0.4) is 0 Å². The molecule has 3 rings (SSSR count). The molecular weight excluding hydrogens is 529 g/mol. The fourth-order valence-electron chi connectivity index (χ4n) is 2.57. The van der Waals surface area contributed by atoms with Crippen molar-refractivity contribution in [2.45, 2.75) is 6.61 Å². The highest BCUT2D eigenvalue weighted by molar-refractivity contribution is 14.1. The number of carbonyl (C=O) groups is 2. The summed E-state index contributed by atoms with van der Waals surface area (Å²) in [5.74, 6) is -0.123. The van der Waals surface area contributed by atoms with Crippen LogP contribution in [-0.4, -0.2) is 24.6 Å². The number of hydrogen-bond donors (Lipinski definition) is 2. The summed E-state index contributed by atoms with van der Waals surface area (Å²) >= 11 is 7.97. The third-order valence-corrected chi connectivity index (χ3v) is 5.34. The molecule has 0 saturated heterocycles. The molecule has 158 valence electrons. The number of amides is 2. The Hall–Kier alpha value is -2.91. The zero-order valence-corrected chi connectivity index (χ0v) is 19.3. The van der Waals surface area contributed by atoms with Crippen molar-refractivity contribution in [2.24, 2.45) is 5.10 Å². The molecule has 0 bridgehead atoms. The van der Waals surface area contributed by atoms with Crippen LogP contribution in [0.4, 0.5) is 0 Å². The second-order valence-electron chi connectivity index (χ2n) is 6.41. The first-order valence-electron chi connectivity index (χ1n) is 9.34. The van der Waals surface area contributed by atoms with Crippen molar-refractivity contribution in [3.8, 4) is 5.75 Å². The molecule has 2 amide bonds. The molecule has 8 heteroatoms. The number of ether oxygens (including phenoxy) is 1. The number of nitrogens with zero attached hydrogens (tertiary/aromatic N) is 1. The lowest BCUT2D eigenvalue weighted by Gasteiger charge is -2.09. The number of rotatable bonds is 8. The van der Waals surface area contributed by atoms with E-state index in [0.717, 1.165) is 9.13 Å². The van der Waals surface area contributed by atoms with Gasteiger partial charge in [-0.1, -0.05) is 48.0 Å². The van der Waals surface area contributed by atoms with Crippen LogP contribution in [-0.2, 0) is 11.4 Å². The van der Waals surface area contributed by atoms with E-state index in [1.807, 2.05) is 48.5 Å². The maximum atomic E-state index is 12.2. The van der Waals surface area contributed by atoms with Gasteiger partial charge >= 0.3 is 0 Å². The van der Waals surface area contributed by atoms with Gasteiger partial charge in [-0.3, -0.25) is 9.59 Å². The number of para-hydroxylation sites is 1. The van der Waals surface area contributed by atoms with Crippen LogP contribution in [0.15, 0.2) is 77.9 Å². The SMILES string of the molecule is O=C(CNC(=O)c1ccccc1I)N/N=C\c1ccccc1OCc1ccc(Cl)cc1. The first-order valence-corrected chi connectivity index (χ1v) is 10.8. The quantitative estimate of drug-likeness (QED) is 0.249. The average Bonchev–Trinajstić information content (AvgIpc) is 2.78. The zero-order valence-electron chi connectivity index (χ0n) is 16.3. The molecule has 0 aliphatic carbocycles. The molecule has 2 N–H and O–H groups in total. The first kappa shape index (κ1) is 22.8. The zero-order chi connectivity index (χ0) is 22.1. The molecule has 0 aromatic heterocycles. The van der Waals surface area contributed by atoms with Crippen molar-refractivity contribution < 1.29 is 14.3 Å². The Morgan fingerprint density at radius 2 is 1.71 bits per heavy atom. The Morgan fingerprint density at radius 1 is 1.00 bits per heavy atom. The Kier molecular flexibility index (Phi) is 8.43. The van der Waals surface area contributed by atoms with E-state index in [-0.39, 0.29) is 12.5 Å². The summed E-state index contributed by atoms with van der Waals surface area (Å²) in [5, 5.41) is 7.21. The van der Waals surface area contributed by atoms with Crippen LogP contribution in [0.1, 0.15) is 21.5 Å². The molecule has 0 spiro atoms. The summed E-state index contributed by atoms with van der Waals surface area (Å²) in [5.41, 5.74) is 4.61. The third-order valence-electron chi connectivity index (χ3n) is 4.15. The predicted molar refractivity (Wildman–Crippen MR) is 129 cm³/mol. The second kappa shape index (κ2) is 11.5. The lowest BCUT2D eigenvalue weighted by atomic mass is 10.2. The van der Waals surface area contributed by atoms with Gasteiger partial charge in [-0.25, -0.2) is 5.43 Å². The molecule has 31 heavy (non-hydrogen) atoms. The topological polar surface area (TPSA) is 79.8 Å². The van der Waals surface area contributed by atoms with Gasteiger partial charge in [0.1, 0.15) is 12.4 Å². The standard InChI is InChI=1S/C23H19ClIN3O3/c24-18-11-9-16(10-12-18)15-31-21-8-4-1-5-17(21)13-27-28-22(29)14-26-23(30)19-6-2-3-7-20(19)25/h1-13H,14-15H2,(H,26,30)(H,28,29)/b27-13-. The normalized spacial score (nSPS) is 10.6. The number of halogens is 2. The van der Waals surface area contributed by atoms with E-state index in [0.29, 0.717) is 28.5 Å². The molecule has 0 heterocycles. The first-order chi connectivity index (χ1) is 15.0. The number of hydrazone groups is 1. The molecule has 6 nitrogen and oxygen atoms in total. The summed E-state index contributed by atoms with van der Waals surface area (Å²) in [6, 6.07) is 21.9. The van der Waals surface area contributed by atoms with E-state index in [1.54, 1.807) is 24.3 Å². The number of hydrogen-bond acceptors (Lipinski definition) is 4. The maximum absolute atomic E-state index is 12.2. The molecule has 3 aromatic rings. The fourth-order valence-corrected chi connectivity index (χ4v) is 3.33. The molecule has 0 unspecified atom stereocenters. The molecule has 0 aliphatic heterocycles. The highest BCUT2D eigenvalue weighted by Crippen LogP contribution is 2.18. The average molecular weight is 548 g/mol. The molecule has 0 radical (unpaired) electrons. The van der Waals surface area contributed by atoms with Crippen LogP contribution in [0.5, 0.6) is 5.75 Å². The van der Waals surface area contributed by atoms with Crippen molar-refractivity contribution >= 4 is 52.2 Å². The Bertz CT molecular complexity index is 1090. The molecule has 0 saturated carbocycles. The monoisotopic (exact) mass is 547 g/mol. The summed E-state index contributed by atoms with van der Waals surface area (Å²) in [4.78, 5) is 24.2. The van der Waals surface area contributed by atoms with Crippen LogP contribution in [0, 0.1) is 3.57 Å². The molecule has 0 aliphatic rings. The predicted octanol–water partition coefficient (Wildman–Crippen LogP) is 4.40. The van der Waals surface area contributed by atoms with E-state index in [9.17, 15) is 9.59 Å². The highest BCUT2D eigenvalue weighted by Gasteiger charge is 2.10. The number of nitrogens with one attached hydrogen (secondary N) is 2. The Morgan fingerprint density at radius 3 is 2.48 bits per heavy atom. The van der Waals surface area contributed by atoms with E-state index in [4.69, 9.17) is 16.3 Å². The van der Waals surface area contributed by atoms with Crippen LogP contribution < -0.4 is 15.5 Å². The Labute approximate surface area is 198 Å². The summed E-state index contributed by atoms with van der Waals surface area (Å²) in [7, 11) is 0. The Balaban J connectivity index is 1.51. The van der Waals surface area contributed by atoms with Crippen molar-refractivity contribution in [3.63, 3.8) is 0 Å². The smallest absolute Gasteiger partial charge is 0.259 e. The highest BCUT2D eigenvalue weighted by atomic mass is 127. The van der Waals surface area contributed by atoms with Gasteiger partial charge in [0.15, 0.2) is 0 Å². The van der Waals surface area contributed by atoms with Gasteiger partial charge in [0.2, 0.25) is 0 Å². The van der Waals surface area contributed by atoms with Gasteiger partial charge in [0.05, 0.1) is 18.3 Å². The lowest BCUT2D eigenvalue weighted by molar-refractivity contribution is -0.120. The second-order valence-corrected chi connectivity index (χ2v) is 8.01. The minimum atomic E-state index is -0.435. The minimum absolute atomic E-state index is 0.185. The van der Waals surface area contributed by atoms with Crippen molar-refractivity contribution in [2.75, 3.05) is 6.54 Å². The van der Waals surface area contributed by atoms with Crippen molar-refractivity contribution in [1.29, 1.82) is 0 Å². The number of carbonyl (C=O) groups excluding carboxylic acids is 2. The van der Waals surface area contributed by atoms with Crippen LogP contribution in [0.25, 0.3) is 0 Å². The van der Waals surface area contributed by atoms with Crippen LogP contribution >= 0.6 is 34.2 Å². The molecular formula is C23H19ClIN3O3. The largest absolute Gasteiger partial charge is 0.488 e. The summed E-state index contributed by atoms with van der Waals surface area (Å²) in [6.45, 7) is 0.189. The van der Waals surface area contributed by atoms with E-state index in [1.165, 1.54) is 6.21 Å². The molecule has 3 aromatic carbocycles. The van der Waals surface area contributed by atoms with Crippen LogP contribution in [0.2, 0.25) is 5.02 Å². The number of benzene rings is 3. The third kappa shape index (κ3) is 7.08.